The third kappa shape index (κ3) is 4.34. The van der Waals surface area contributed by atoms with E-state index in [1.54, 1.807) is 32.1 Å². The average Bonchev–Trinajstić information content (AvgIpc) is 3.30. The summed E-state index contributed by atoms with van der Waals surface area (Å²) in [5.74, 6) is 1.11. The highest BCUT2D eigenvalue weighted by molar-refractivity contribution is 6.04. The number of benzene rings is 2. The Bertz CT molecular complexity index is 1250. The lowest BCUT2D eigenvalue weighted by molar-refractivity contribution is -0.123. The van der Waals surface area contributed by atoms with Crippen LogP contribution in [0.4, 0.5) is 11.5 Å². The molecular weight excluding hydrogens is 436 g/mol. The molecular formula is C25H28N4O5. The van der Waals surface area contributed by atoms with Crippen molar-refractivity contribution in [3.05, 3.63) is 53.2 Å². The van der Waals surface area contributed by atoms with Crippen LogP contribution in [0.1, 0.15) is 29.3 Å². The first kappa shape index (κ1) is 23.3. The van der Waals surface area contributed by atoms with Crippen LogP contribution >= 0.6 is 0 Å². The molecule has 2 aromatic carbocycles. The Morgan fingerprint density at radius 2 is 1.85 bits per heavy atom. The molecule has 1 aliphatic rings. The number of fused-ring (bicyclic) bond motifs is 1. The Morgan fingerprint density at radius 3 is 2.56 bits per heavy atom. The summed E-state index contributed by atoms with van der Waals surface area (Å²) in [6.07, 6.45) is -0.0499. The van der Waals surface area contributed by atoms with Crippen molar-refractivity contribution < 1.29 is 23.8 Å². The topological polar surface area (TPSA) is 104 Å². The molecule has 0 saturated heterocycles. The van der Waals surface area contributed by atoms with Crippen molar-refractivity contribution in [3.63, 3.8) is 0 Å². The number of nitrogens with one attached hydrogen (secondary N) is 2. The minimum atomic E-state index is -0.774. The van der Waals surface area contributed by atoms with Gasteiger partial charge in [0.15, 0.2) is 11.5 Å². The number of ether oxygens (including phenoxy) is 3. The van der Waals surface area contributed by atoms with Crippen LogP contribution in [0.5, 0.6) is 11.5 Å². The maximum Gasteiger partial charge on any atom is 0.251 e. The van der Waals surface area contributed by atoms with Gasteiger partial charge in [0.1, 0.15) is 11.9 Å². The van der Waals surface area contributed by atoms with Gasteiger partial charge in [-0.15, -0.1) is 0 Å². The normalized spacial score (nSPS) is 14.5. The number of carbonyl (C=O) groups excluding carboxylic acids is 2. The van der Waals surface area contributed by atoms with Gasteiger partial charge < -0.3 is 24.8 Å². The van der Waals surface area contributed by atoms with Crippen molar-refractivity contribution in [2.75, 3.05) is 32.0 Å². The van der Waals surface area contributed by atoms with Crippen LogP contribution < -0.4 is 20.1 Å². The van der Waals surface area contributed by atoms with Crippen LogP contribution in [0.25, 0.3) is 11.1 Å². The van der Waals surface area contributed by atoms with Gasteiger partial charge in [-0.3, -0.25) is 9.59 Å². The van der Waals surface area contributed by atoms with Crippen molar-refractivity contribution in [2.24, 2.45) is 0 Å². The van der Waals surface area contributed by atoms with Gasteiger partial charge >= 0.3 is 0 Å². The summed E-state index contributed by atoms with van der Waals surface area (Å²) in [7, 11) is 4.71. The highest BCUT2D eigenvalue weighted by Gasteiger charge is 2.37. The van der Waals surface area contributed by atoms with E-state index in [1.807, 2.05) is 44.2 Å². The van der Waals surface area contributed by atoms with Crippen molar-refractivity contribution in [2.45, 2.75) is 32.9 Å². The Kier molecular flexibility index (Phi) is 6.56. The Hall–Kier alpha value is -3.85. The number of amides is 2. The zero-order chi connectivity index (χ0) is 24.4. The number of hydrogen-bond donors (Lipinski definition) is 2. The Balaban J connectivity index is 1.66. The van der Waals surface area contributed by atoms with Crippen molar-refractivity contribution in [3.8, 4) is 22.6 Å². The summed E-state index contributed by atoms with van der Waals surface area (Å²) in [6.45, 7) is 4.12. The van der Waals surface area contributed by atoms with Gasteiger partial charge in [-0.1, -0.05) is 18.2 Å². The van der Waals surface area contributed by atoms with E-state index in [1.165, 1.54) is 0 Å². The molecule has 34 heavy (non-hydrogen) atoms. The predicted octanol–water partition coefficient (Wildman–Crippen LogP) is 3.85. The molecule has 0 spiro atoms. The van der Waals surface area contributed by atoms with E-state index < -0.39 is 6.04 Å². The van der Waals surface area contributed by atoms with E-state index in [0.717, 1.165) is 22.4 Å². The summed E-state index contributed by atoms with van der Waals surface area (Å²) in [5, 5.41) is 10.5. The second-order valence-electron chi connectivity index (χ2n) is 8.19. The highest BCUT2D eigenvalue weighted by Crippen LogP contribution is 2.41. The molecule has 1 aliphatic heterocycles. The minimum Gasteiger partial charge on any atom is -0.493 e. The molecule has 3 aromatic rings. The van der Waals surface area contributed by atoms with Gasteiger partial charge in [0, 0.05) is 12.8 Å². The smallest absolute Gasteiger partial charge is 0.251 e. The fourth-order valence-electron chi connectivity index (χ4n) is 4.10. The van der Waals surface area contributed by atoms with Crippen molar-refractivity contribution >= 4 is 23.3 Å². The SMILES string of the molecule is COCc1nn2c(c1-c1ccc(OC)c(OC)c1)NC(=O)C2CC(=O)Nc1cc(C)ccc1C. The standard InChI is InChI=1S/C25H28N4O5/c1-14-6-7-15(2)17(10-14)26-22(30)12-19-25(31)27-24-23(18(13-32-3)28-29(19)24)16-8-9-20(33-4)21(11-16)34-5/h6-11,19H,12-13H2,1-5H3,(H,26,30)(H,27,31). The first-order valence-corrected chi connectivity index (χ1v) is 10.9. The summed E-state index contributed by atoms with van der Waals surface area (Å²) in [6, 6.07) is 10.6. The van der Waals surface area contributed by atoms with E-state index in [-0.39, 0.29) is 24.8 Å². The number of methoxy groups -OCH3 is 3. The van der Waals surface area contributed by atoms with Gasteiger partial charge in [0.2, 0.25) is 5.91 Å². The molecule has 178 valence electrons. The number of aryl methyl sites for hydroxylation is 2. The maximum absolute atomic E-state index is 12.8. The first-order chi connectivity index (χ1) is 16.4. The number of rotatable bonds is 8. The summed E-state index contributed by atoms with van der Waals surface area (Å²) in [4.78, 5) is 25.7. The largest absolute Gasteiger partial charge is 0.493 e. The zero-order valence-corrected chi connectivity index (χ0v) is 19.9. The van der Waals surface area contributed by atoms with E-state index in [4.69, 9.17) is 14.2 Å². The second-order valence-corrected chi connectivity index (χ2v) is 8.19. The molecule has 0 aliphatic carbocycles. The van der Waals surface area contributed by atoms with Gasteiger partial charge in [0.05, 0.1) is 38.5 Å². The van der Waals surface area contributed by atoms with Crippen LogP contribution in [-0.2, 0) is 20.9 Å². The molecule has 1 unspecified atom stereocenters. The van der Waals surface area contributed by atoms with Crippen LogP contribution in [0.2, 0.25) is 0 Å². The summed E-state index contributed by atoms with van der Waals surface area (Å²) < 4.78 is 17.7. The third-order valence-electron chi connectivity index (χ3n) is 5.82. The number of anilines is 2. The van der Waals surface area contributed by atoms with E-state index in [0.29, 0.717) is 28.6 Å². The van der Waals surface area contributed by atoms with Gasteiger partial charge in [-0.25, -0.2) is 4.68 Å². The fraction of sp³-hybridized carbons (Fsp3) is 0.320. The second kappa shape index (κ2) is 9.56. The Morgan fingerprint density at radius 1 is 1.09 bits per heavy atom. The lowest BCUT2D eigenvalue weighted by Gasteiger charge is -2.12. The lowest BCUT2D eigenvalue weighted by atomic mass is 10.0. The molecule has 2 N–H and O–H groups in total. The fourth-order valence-corrected chi connectivity index (χ4v) is 4.10. The van der Waals surface area contributed by atoms with Crippen LogP contribution in [-0.4, -0.2) is 42.9 Å². The molecule has 0 saturated carbocycles. The zero-order valence-electron chi connectivity index (χ0n) is 19.9. The van der Waals surface area contributed by atoms with Crippen molar-refractivity contribution in [1.29, 1.82) is 0 Å². The molecule has 1 aromatic heterocycles. The highest BCUT2D eigenvalue weighted by atomic mass is 16.5. The average molecular weight is 465 g/mol. The number of aromatic nitrogens is 2. The number of nitrogens with zero attached hydrogens (tertiary/aromatic N) is 2. The third-order valence-corrected chi connectivity index (χ3v) is 5.82. The quantitative estimate of drug-likeness (QED) is 0.525. The molecule has 9 heteroatoms. The van der Waals surface area contributed by atoms with Gasteiger partial charge in [-0.2, -0.15) is 5.10 Å². The van der Waals surface area contributed by atoms with Crippen molar-refractivity contribution in [1.82, 2.24) is 9.78 Å². The molecule has 1 atom stereocenters. The van der Waals surface area contributed by atoms with Gasteiger partial charge in [-0.05, 0) is 48.7 Å². The van der Waals surface area contributed by atoms with Gasteiger partial charge in [0.25, 0.3) is 5.91 Å². The molecule has 2 amide bonds. The molecule has 0 fully saturated rings. The number of hydrogen-bond acceptors (Lipinski definition) is 6. The molecule has 0 bridgehead atoms. The predicted molar refractivity (Wildman–Crippen MR) is 128 cm³/mol. The number of carbonyl (C=O) groups is 2. The van der Waals surface area contributed by atoms with E-state index >= 15 is 0 Å². The Labute approximate surface area is 198 Å². The van der Waals surface area contributed by atoms with Crippen LogP contribution in [0, 0.1) is 13.8 Å². The first-order valence-electron chi connectivity index (χ1n) is 10.9. The van der Waals surface area contributed by atoms with E-state index in [9.17, 15) is 9.59 Å². The monoisotopic (exact) mass is 464 g/mol. The minimum absolute atomic E-state index is 0.0499. The summed E-state index contributed by atoms with van der Waals surface area (Å²) in [5.41, 5.74) is 4.87. The molecule has 4 rings (SSSR count). The molecule has 2 heterocycles. The molecule has 0 radical (unpaired) electrons. The van der Waals surface area contributed by atoms with Crippen LogP contribution in [0.15, 0.2) is 36.4 Å². The maximum atomic E-state index is 12.8. The summed E-state index contributed by atoms with van der Waals surface area (Å²) >= 11 is 0. The van der Waals surface area contributed by atoms with E-state index in [2.05, 4.69) is 15.7 Å². The molecule has 9 nitrogen and oxygen atoms in total. The lowest BCUT2D eigenvalue weighted by Crippen LogP contribution is -2.24. The van der Waals surface area contributed by atoms with Crippen LogP contribution in [0.3, 0.4) is 0 Å².